The van der Waals surface area contributed by atoms with Gasteiger partial charge in [-0.1, -0.05) is 93.6 Å². The fraction of sp³-hybridized carbons (Fsp3) is 0.395. The number of thiol groups is 1. The highest BCUT2D eigenvalue weighted by atomic mass is 32.1. The zero-order chi connectivity index (χ0) is 36.9. The van der Waals surface area contributed by atoms with E-state index in [1.165, 1.54) is 20.3 Å². The van der Waals surface area contributed by atoms with Crippen molar-refractivity contribution in [2.45, 2.75) is 62.2 Å². The van der Waals surface area contributed by atoms with E-state index in [2.05, 4.69) is 45.0 Å². The van der Waals surface area contributed by atoms with Crippen molar-refractivity contribution < 1.29 is 28.5 Å². The van der Waals surface area contributed by atoms with Gasteiger partial charge in [-0.05, 0) is 33.1 Å². The van der Waals surface area contributed by atoms with Gasteiger partial charge >= 0.3 is 5.69 Å². The highest BCUT2D eigenvalue weighted by Crippen LogP contribution is 2.38. The highest BCUT2D eigenvalue weighted by Gasteiger charge is 2.52. The van der Waals surface area contributed by atoms with Crippen LogP contribution in [0, 0.1) is 0 Å². The molecule has 11 nitrogen and oxygen atoms in total. The van der Waals surface area contributed by atoms with E-state index in [1.54, 1.807) is 14.2 Å². The van der Waals surface area contributed by atoms with Crippen molar-refractivity contribution >= 4 is 37.5 Å². The molecule has 13 heteroatoms. The first-order chi connectivity index (χ1) is 24.3. The lowest BCUT2D eigenvalue weighted by Crippen LogP contribution is -2.68. The summed E-state index contributed by atoms with van der Waals surface area (Å²) >= 11 is 4.84. The lowest BCUT2D eigenvalue weighted by atomic mass is 9.97. The topological polar surface area (TPSA) is 123 Å². The van der Waals surface area contributed by atoms with Gasteiger partial charge in [-0.2, -0.15) is 0 Å². The van der Waals surface area contributed by atoms with Crippen molar-refractivity contribution in [3.63, 3.8) is 0 Å². The number of aliphatic imine (C=N–C) groups is 1. The molecule has 1 aromatic heterocycles. The molecule has 0 radical (unpaired) electrons. The molecule has 1 aliphatic rings. The summed E-state index contributed by atoms with van der Waals surface area (Å²) < 4.78 is 33.7. The molecule has 1 saturated heterocycles. The quantitative estimate of drug-likeness (QED) is 0.129. The van der Waals surface area contributed by atoms with E-state index in [0.29, 0.717) is 0 Å². The molecule has 51 heavy (non-hydrogen) atoms. The Balaban J connectivity index is 1.52. The Labute approximate surface area is 305 Å². The first-order valence-corrected chi connectivity index (χ1v) is 19.1. The van der Waals surface area contributed by atoms with Crippen LogP contribution in [-0.2, 0) is 39.3 Å². The number of ether oxygens (including phenoxy) is 4. The molecule has 1 aliphatic heterocycles. The Morgan fingerprint density at radius 1 is 0.902 bits per heavy atom. The van der Waals surface area contributed by atoms with Crippen LogP contribution in [0.1, 0.15) is 31.9 Å². The molecule has 0 saturated carbocycles. The van der Waals surface area contributed by atoms with Crippen molar-refractivity contribution in [1.82, 2.24) is 9.13 Å². The monoisotopic (exact) mass is 733 g/mol. The number of aromatic hydroxyl groups is 1. The summed E-state index contributed by atoms with van der Waals surface area (Å²) in [6.07, 6.45) is -0.783. The maximum absolute atomic E-state index is 13.0. The molecule has 0 unspecified atom stereocenters. The van der Waals surface area contributed by atoms with Crippen LogP contribution in [0.15, 0.2) is 99.5 Å². The summed E-state index contributed by atoms with van der Waals surface area (Å²) in [5.41, 5.74) is -1.44. The average molecular weight is 734 g/mol. The molecule has 5 rings (SSSR count). The second-order valence-corrected chi connectivity index (χ2v) is 18.4. The van der Waals surface area contributed by atoms with Crippen LogP contribution in [0.4, 0.5) is 0 Å². The molecule has 1 fully saturated rings. The smallest absolute Gasteiger partial charge is 0.333 e. The van der Waals surface area contributed by atoms with E-state index in [0.717, 1.165) is 30.8 Å². The fourth-order valence-corrected chi connectivity index (χ4v) is 11.7. The molecular formula is C38H47N3O8SSi. The minimum atomic E-state index is -2.94. The van der Waals surface area contributed by atoms with Gasteiger partial charge in [0.1, 0.15) is 41.1 Å². The fourth-order valence-electron chi connectivity index (χ4n) is 6.69. The van der Waals surface area contributed by atoms with Crippen LogP contribution in [0.5, 0.6) is 11.6 Å². The summed E-state index contributed by atoms with van der Waals surface area (Å²) in [5, 5.41) is 12.7. The lowest BCUT2D eigenvalue weighted by molar-refractivity contribution is -0.192. The Kier molecular flexibility index (Phi) is 12.1. The van der Waals surface area contributed by atoms with Gasteiger partial charge in [-0.3, -0.25) is 18.9 Å². The Morgan fingerprint density at radius 3 is 2.02 bits per heavy atom. The third kappa shape index (κ3) is 7.78. The van der Waals surface area contributed by atoms with Crippen LogP contribution in [0.3, 0.4) is 0 Å². The van der Waals surface area contributed by atoms with Crippen molar-refractivity contribution in [3.05, 3.63) is 117 Å². The summed E-state index contributed by atoms with van der Waals surface area (Å²) in [6.45, 7) is 7.00. The van der Waals surface area contributed by atoms with Crippen LogP contribution < -0.4 is 26.4 Å². The van der Waals surface area contributed by atoms with Gasteiger partial charge in [0.15, 0.2) is 0 Å². The SMILES string of the molecule is COc1ccc(CO[C@@H]2[C@H](N=Cc3c(O)n(C)c(=O)n(C)c3=O)[C@H](S)O[C@H](CO[Si](c3ccccc3)(c3ccccc3)C(C)(C)C)[C@H]2OC)cc1. The zero-order valence-electron chi connectivity index (χ0n) is 30.1. The molecule has 5 atom stereocenters. The van der Waals surface area contributed by atoms with E-state index in [9.17, 15) is 14.7 Å². The van der Waals surface area contributed by atoms with Crippen LogP contribution >= 0.6 is 12.6 Å². The molecule has 1 N–H and O–H groups in total. The van der Waals surface area contributed by atoms with Crippen molar-refractivity contribution in [3.8, 4) is 11.6 Å². The maximum atomic E-state index is 13.0. The van der Waals surface area contributed by atoms with Crippen molar-refractivity contribution in [1.29, 1.82) is 0 Å². The molecule has 0 spiro atoms. The van der Waals surface area contributed by atoms with E-state index in [4.69, 9.17) is 41.0 Å². The molecular weight excluding hydrogens is 687 g/mol. The second-order valence-electron chi connectivity index (χ2n) is 13.6. The van der Waals surface area contributed by atoms with Crippen LogP contribution in [0.25, 0.3) is 0 Å². The standard InChI is InChI=1S/C38H47N3O8SSi/c1-38(2,3)51(27-14-10-8-11-15-27,28-16-12-9-13-17-28)48-24-30-32(46-7)33(47-23-25-18-20-26(45-6)21-19-25)31(36(50)49-30)39-22-29-34(42)40(4)37(44)41(5)35(29)43/h8-22,30-33,36,42,50H,23-24H2,1-7H3/t30-,31+,32-,33-,36+/m1/s1. The summed E-state index contributed by atoms with van der Waals surface area (Å²) in [6, 6.07) is 27.4. The van der Waals surface area contributed by atoms with E-state index in [-0.39, 0.29) is 23.8 Å². The molecule has 2 heterocycles. The van der Waals surface area contributed by atoms with Crippen LogP contribution in [0.2, 0.25) is 5.04 Å². The van der Waals surface area contributed by atoms with Crippen molar-refractivity contribution in [2.24, 2.45) is 19.1 Å². The van der Waals surface area contributed by atoms with Gasteiger partial charge in [0.2, 0.25) is 5.88 Å². The molecule has 4 aromatic rings. The van der Waals surface area contributed by atoms with Gasteiger partial charge in [0.05, 0.1) is 20.3 Å². The number of hydrogen-bond donors (Lipinski definition) is 2. The number of benzene rings is 3. The minimum Gasteiger partial charge on any atom is -0.497 e. The molecule has 0 bridgehead atoms. The second kappa shape index (κ2) is 16.1. The predicted molar refractivity (Wildman–Crippen MR) is 204 cm³/mol. The normalized spacial score (nSPS) is 21.2. The zero-order valence-corrected chi connectivity index (χ0v) is 31.9. The third-order valence-corrected chi connectivity index (χ3v) is 14.9. The first-order valence-electron chi connectivity index (χ1n) is 16.7. The van der Waals surface area contributed by atoms with Gasteiger partial charge in [0.25, 0.3) is 13.9 Å². The molecule has 3 aromatic carbocycles. The number of nitrogens with zero attached hydrogens (tertiary/aromatic N) is 3. The Bertz CT molecular complexity index is 1870. The molecule has 272 valence electrons. The number of aromatic nitrogens is 2. The van der Waals surface area contributed by atoms with E-state index < -0.39 is 55.2 Å². The summed E-state index contributed by atoms with van der Waals surface area (Å²) in [5.74, 6) is 0.214. The van der Waals surface area contributed by atoms with E-state index >= 15 is 0 Å². The predicted octanol–water partition coefficient (Wildman–Crippen LogP) is 3.42. The maximum Gasteiger partial charge on any atom is 0.333 e. The molecule has 0 amide bonds. The molecule has 0 aliphatic carbocycles. The highest BCUT2D eigenvalue weighted by molar-refractivity contribution is 7.80. The first kappa shape index (κ1) is 38.3. The van der Waals surface area contributed by atoms with Gasteiger partial charge in [0, 0.05) is 27.4 Å². The summed E-state index contributed by atoms with van der Waals surface area (Å²) in [7, 11) is 2.96. The van der Waals surface area contributed by atoms with Gasteiger partial charge in [-0.15, -0.1) is 12.6 Å². The van der Waals surface area contributed by atoms with E-state index in [1.807, 2.05) is 60.7 Å². The van der Waals surface area contributed by atoms with Crippen LogP contribution in [-0.4, -0.2) is 79.4 Å². The van der Waals surface area contributed by atoms with Gasteiger partial charge < -0.3 is 28.5 Å². The third-order valence-electron chi connectivity index (χ3n) is 9.43. The lowest BCUT2D eigenvalue weighted by Gasteiger charge is -2.47. The number of methoxy groups -OCH3 is 2. The minimum absolute atomic E-state index is 0.153. The van der Waals surface area contributed by atoms with Gasteiger partial charge in [-0.25, -0.2) is 4.79 Å². The Hall–Kier alpha value is -3.98. The Morgan fingerprint density at radius 2 is 1.49 bits per heavy atom. The summed E-state index contributed by atoms with van der Waals surface area (Å²) in [4.78, 5) is 30.1. The largest absolute Gasteiger partial charge is 0.497 e. The average Bonchev–Trinajstić information content (AvgIpc) is 3.13. The number of rotatable bonds is 12. The van der Waals surface area contributed by atoms with Crippen molar-refractivity contribution in [2.75, 3.05) is 20.8 Å². The number of hydrogen-bond acceptors (Lipinski definition) is 10.